The Labute approximate surface area is 384 Å². The third kappa shape index (κ3) is 49.7. The van der Waals surface area contributed by atoms with Crippen molar-refractivity contribution >= 4 is 11.9 Å². The lowest BCUT2D eigenvalue weighted by molar-refractivity contribution is -0.163. The van der Waals surface area contributed by atoms with E-state index in [1.807, 2.05) is 0 Å². The molecule has 0 bridgehead atoms. The first-order chi connectivity index (χ1) is 30.6. The second-order valence-corrected chi connectivity index (χ2v) is 17.0. The van der Waals surface area contributed by atoms with Gasteiger partial charge in [-0.3, -0.25) is 9.59 Å². The number of carbonyl (C=O) groups excluding carboxylic acids is 2. The molecule has 0 aliphatic carbocycles. The van der Waals surface area contributed by atoms with Gasteiger partial charge in [-0.15, -0.1) is 0 Å². The summed E-state index contributed by atoms with van der Waals surface area (Å²) in [6.07, 6.45) is 68.8. The highest BCUT2D eigenvalue weighted by Gasteiger charge is 2.17. The third-order valence-corrected chi connectivity index (χ3v) is 10.9. The van der Waals surface area contributed by atoms with Crippen molar-refractivity contribution < 1.29 is 23.8 Å². The molecule has 0 rings (SSSR count). The van der Waals surface area contributed by atoms with Crippen molar-refractivity contribution in [2.75, 3.05) is 19.8 Å². The number of carbonyl (C=O) groups is 2. The summed E-state index contributed by atoms with van der Waals surface area (Å²) >= 11 is 0. The molecular formula is C57H98O5. The predicted octanol–water partition coefficient (Wildman–Crippen LogP) is 17.7. The summed E-state index contributed by atoms with van der Waals surface area (Å²) in [5.41, 5.74) is 0. The van der Waals surface area contributed by atoms with Gasteiger partial charge in [0.2, 0.25) is 0 Å². The average Bonchev–Trinajstić information content (AvgIpc) is 3.27. The second-order valence-electron chi connectivity index (χ2n) is 17.0. The molecule has 0 spiro atoms. The van der Waals surface area contributed by atoms with Crippen LogP contribution in [0.4, 0.5) is 0 Å². The number of hydrogen-bond acceptors (Lipinski definition) is 5. The smallest absolute Gasteiger partial charge is 0.306 e. The van der Waals surface area contributed by atoms with Gasteiger partial charge >= 0.3 is 11.9 Å². The Hall–Kier alpha value is -2.92. The zero-order valence-electron chi connectivity index (χ0n) is 40.9. The zero-order chi connectivity index (χ0) is 44.9. The molecule has 0 fully saturated rings. The minimum absolute atomic E-state index is 0.0621. The quantitative estimate of drug-likeness (QED) is 0.0346. The Morgan fingerprint density at radius 2 is 0.726 bits per heavy atom. The maximum Gasteiger partial charge on any atom is 0.306 e. The van der Waals surface area contributed by atoms with Crippen molar-refractivity contribution in [2.24, 2.45) is 0 Å². The Bertz CT molecular complexity index is 1160. The van der Waals surface area contributed by atoms with E-state index in [0.29, 0.717) is 19.4 Å². The van der Waals surface area contributed by atoms with Crippen LogP contribution in [-0.4, -0.2) is 37.9 Å². The number of allylic oxidation sites excluding steroid dienone is 14. The van der Waals surface area contributed by atoms with Gasteiger partial charge in [0.05, 0.1) is 6.61 Å². The van der Waals surface area contributed by atoms with Crippen molar-refractivity contribution in [3.63, 3.8) is 0 Å². The minimum Gasteiger partial charge on any atom is -0.462 e. The molecule has 0 saturated carbocycles. The maximum atomic E-state index is 12.8. The van der Waals surface area contributed by atoms with Gasteiger partial charge in [-0.1, -0.05) is 215 Å². The summed E-state index contributed by atoms with van der Waals surface area (Å²) in [6.45, 7) is 7.58. The lowest BCUT2D eigenvalue weighted by Crippen LogP contribution is -2.30. The Morgan fingerprint density at radius 3 is 1.19 bits per heavy atom. The Kier molecular flexibility index (Phi) is 50.0. The molecular weight excluding hydrogens is 765 g/mol. The van der Waals surface area contributed by atoms with E-state index in [2.05, 4.69) is 106 Å². The molecule has 5 nitrogen and oxygen atoms in total. The molecule has 1 unspecified atom stereocenters. The van der Waals surface area contributed by atoms with Gasteiger partial charge in [0, 0.05) is 19.4 Å². The van der Waals surface area contributed by atoms with E-state index in [1.165, 1.54) is 116 Å². The van der Waals surface area contributed by atoms with E-state index in [-0.39, 0.29) is 25.2 Å². The highest BCUT2D eigenvalue weighted by molar-refractivity contribution is 5.70. The van der Waals surface area contributed by atoms with Gasteiger partial charge in [0.25, 0.3) is 0 Å². The fourth-order valence-corrected chi connectivity index (χ4v) is 7.04. The van der Waals surface area contributed by atoms with Crippen LogP contribution in [0.1, 0.15) is 239 Å². The highest BCUT2D eigenvalue weighted by atomic mass is 16.6. The lowest BCUT2D eigenvalue weighted by Gasteiger charge is -2.18. The van der Waals surface area contributed by atoms with Crippen molar-refractivity contribution in [1.29, 1.82) is 0 Å². The van der Waals surface area contributed by atoms with Crippen molar-refractivity contribution in [3.05, 3.63) is 85.1 Å². The topological polar surface area (TPSA) is 61.8 Å². The van der Waals surface area contributed by atoms with Gasteiger partial charge in [-0.2, -0.15) is 0 Å². The maximum absolute atomic E-state index is 12.8. The molecule has 5 heteroatoms. The summed E-state index contributed by atoms with van der Waals surface area (Å²) in [4.78, 5) is 25.4. The normalized spacial score (nSPS) is 12.9. The molecule has 0 aromatic carbocycles. The first-order valence-corrected chi connectivity index (χ1v) is 26.1. The van der Waals surface area contributed by atoms with Gasteiger partial charge in [-0.05, 0) is 96.3 Å². The largest absolute Gasteiger partial charge is 0.462 e. The van der Waals surface area contributed by atoms with Crippen LogP contribution in [0.15, 0.2) is 85.1 Å². The van der Waals surface area contributed by atoms with Gasteiger partial charge in [0.15, 0.2) is 6.10 Å². The molecule has 0 aliphatic heterocycles. The SMILES string of the molecule is CC/C=C\C/C=C\C/C=C\C/C=C\C/C=C\CCCCOCC(COC(=O)CCCCCCCCC/C=C\C/C=C\CCCCC)OC(=O)CCCCCCCCCCCCC. The predicted molar refractivity (Wildman–Crippen MR) is 270 cm³/mol. The van der Waals surface area contributed by atoms with E-state index in [1.54, 1.807) is 0 Å². The summed E-state index contributed by atoms with van der Waals surface area (Å²) in [5, 5.41) is 0. The summed E-state index contributed by atoms with van der Waals surface area (Å²) in [5.74, 6) is -0.429. The van der Waals surface area contributed by atoms with E-state index in [4.69, 9.17) is 14.2 Å². The molecule has 0 N–H and O–H groups in total. The van der Waals surface area contributed by atoms with E-state index < -0.39 is 6.10 Å². The summed E-state index contributed by atoms with van der Waals surface area (Å²) in [6, 6.07) is 0. The van der Waals surface area contributed by atoms with Crippen LogP contribution in [0, 0.1) is 0 Å². The van der Waals surface area contributed by atoms with Crippen molar-refractivity contribution in [1.82, 2.24) is 0 Å². The van der Waals surface area contributed by atoms with Crippen molar-refractivity contribution in [3.8, 4) is 0 Å². The van der Waals surface area contributed by atoms with Crippen LogP contribution < -0.4 is 0 Å². The standard InChI is InChI=1S/C57H98O5/c1-4-7-10-13-16-19-22-24-26-28-30-32-34-37-40-43-46-49-52-60-53-55(62-57(59)51-48-45-42-39-35-21-18-15-12-9-6-3)54-61-56(58)50-47-44-41-38-36-33-31-29-27-25-23-20-17-14-11-8-5-2/h7,10,16-17,19-20,24-27,30,32,37,40,55H,4-6,8-9,11-15,18,21-23,28-29,31,33-36,38-39,41-54H2,1-3H3/b10-7-,19-16-,20-17-,26-24-,27-25-,32-30-,40-37-. The first-order valence-electron chi connectivity index (χ1n) is 26.1. The van der Waals surface area contributed by atoms with E-state index >= 15 is 0 Å². The van der Waals surface area contributed by atoms with Crippen LogP contribution in [-0.2, 0) is 23.8 Å². The van der Waals surface area contributed by atoms with Gasteiger partial charge in [-0.25, -0.2) is 0 Å². The van der Waals surface area contributed by atoms with E-state index in [9.17, 15) is 9.59 Å². The Morgan fingerprint density at radius 1 is 0.371 bits per heavy atom. The minimum atomic E-state index is -0.563. The molecule has 0 saturated heterocycles. The van der Waals surface area contributed by atoms with Gasteiger partial charge < -0.3 is 14.2 Å². The zero-order valence-corrected chi connectivity index (χ0v) is 40.9. The van der Waals surface area contributed by atoms with Crippen LogP contribution in [0.25, 0.3) is 0 Å². The fraction of sp³-hybridized carbons (Fsp3) is 0.719. The number of esters is 2. The average molecular weight is 863 g/mol. The monoisotopic (exact) mass is 863 g/mol. The van der Waals surface area contributed by atoms with E-state index in [0.717, 1.165) is 89.9 Å². The van der Waals surface area contributed by atoms with Crippen LogP contribution >= 0.6 is 0 Å². The lowest BCUT2D eigenvalue weighted by atomic mass is 10.1. The van der Waals surface area contributed by atoms with Crippen LogP contribution in [0.2, 0.25) is 0 Å². The number of hydrogen-bond donors (Lipinski definition) is 0. The number of rotatable bonds is 47. The molecule has 0 aliphatic rings. The fourth-order valence-electron chi connectivity index (χ4n) is 7.04. The second kappa shape index (κ2) is 52.4. The molecule has 0 heterocycles. The first kappa shape index (κ1) is 59.1. The molecule has 0 aromatic heterocycles. The number of ether oxygens (including phenoxy) is 3. The molecule has 62 heavy (non-hydrogen) atoms. The summed E-state index contributed by atoms with van der Waals surface area (Å²) < 4.78 is 17.3. The summed E-state index contributed by atoms with van der Waals surface area (Å²) in [7, 11) is 0. The van der Waals surface area contributed by atoms with Gasteiger partial charge in [0.1, 0.15) is 6.61 Å². The van der Waals surface area contributed by atoms with Crippen LogP contribution in [0.3, 0.4) is 0 Å². The molecule has 1 atom stereocenters. The molecule has 0 aromatic rings. The number of unbranched alkanes of at least 4 members (excludes halogenated alkanes) is 22. The van der Waals surface area contributed by atoms with Crippen molar-refractivity contribution in [2.45, 2.75) is 245 Å². The highest BCUT2D eigenvalue weighted by Crippen LogP contribution is 2.14. The molecule has 0 amide bonds. The van der Waals surface area contributed by atoms with Crippen LogP contribution in [0.5, 0.6) is 0 Å². The third-order valence-electron chi connectivity index (χ3n) is 10.9. The molecule has 356 valence electrons. The molecule has 0 radical (unpaired) electrons. The Balaban J connectivity index is 4.33.